The van der Waals surface area contributed by atoms with Crippen molar-refractivity contribution in [2.45, 2.75) is 23.9 Å². The monoisotopic (exact) mass is 322 g/mol. The molecule has 2 aliphatic rings. The molecule has 1 fully saturated rings. The Balaban J connectivity index is 2.31. The highest BCUT2D eigenvalue weighted by Gasteiger charge is 2.54. The van der Waals surface area contributed by atoms with Gasteiger partial charge in [0, 0.05) is 11.8 Å². The molecule has 0 aromatic heterocycles. The summed E-state index contributed by atoms with van der Waals surface area (Å²) in [6.07, 6.45) is 3.98. The van der Waals surface area contributed by atoms with Crippen molar-refractivity contribution in [3.63, 3.8) is 0 Å². The molecule has 1 aliphatic carbocycles. The van der Waals surface area contributed by atoms with Crippen LogP contribution in [0.2, 0.25) is 0 Å². The molecule has 0 aromatic carbocycles. The summed E-state index contributed by atoms with van der Waals surface area (Å²) in [5.74, 6) is 0.130. The summed E-state index contributed by atoms with van der Waals surface area (Å²) >= 11 is 2.27. The Morgan fingerprint density at radius 2 is 2.20 bits per heavy atom. The lowest BCUT2D eigenvalue weighted by Crippen LogP contribution is -2.39. The number of ether oxygens (including phenoxy) is 1. The summed E-state index contributed by atoms with van der Waals surface area (Å²) in [6.45, 7) is 3.96. The van der Waals surface area contributed by atoms with E-state index in [9.17, 15) is 9.90 Å². The summed E-state index contributed by atoms with van der Waals surface area (Å²) < 4.78 is 5.59. The van der Waals surface area contributed by atoms with Crippen molar-refractivity contribution in [2.75, 3.05) is 6.61 Å². The zero-order valence-electron chi connectivity index (χ0n) is 8.81. The van der Waals surface area contributed by atoms with Crippen molar-refractivity contribution in [3.8, 4) is 0 Å². The topological polar surface area (TPSA) is 46.5 Å². The van der Waals surface area contributed by atoms with Crippen LogP contribution in [0.4, 0.5) is 0 Å². The highest BCUT2D eigenvalue weighted by atomic mass is 127. The van der Waals surface area contributed by atoms with E-state index in [0.717, 1.165) is 0 Å². The fourth-order valence-electron chi connectivity index (χ4n) is 2.28. The van der Waals surface area contributed by atoms with E-state index >= 15 is 0 Å². The first-order chi connectivity index (χ1) is 6.98. The minimum absolute atomic E-state index is 0.0738. The molecule has 4 heteroatoms. The van der Waals surface area contributed by atoms with Crippen LogP contribution in [0.3, 0.4) is 0 Å². The molecule has 0 spiro atoms. The zero-order valence-corrected chi connectivity index (χ0v) is 11.0. The average Bonchev–Trinajstić information content (AvgIpc) is 2.41. The molecule has 1 saturated heterocycles. The van der Waals surface area contributed by atoms with Crippen LogP contribution in [0.15, 0.2) is 12.2 Å². The van der Waals surface area contributed by atoms with E-state index in [-0.39, 0.29) is 34.4 Å². The Morgan fingerprint density at radius 3 is 2.80 bits per heavy atom. The van der Waals surface area contributed by atoms with Gasteiger partial charge in [-0.15, -0.1) is 0 Å². The van der Waals surface area contributed by atoms with Gasteiger partial charge in [-0.05, 0) is 13.8 Å². The predicted molar refractivity (Wildman–Crippen MR) is 64.7 cm³/mol. The molecule has 2 rings (SSSR count). The first-order valence-corrected chi connectivity index (χ1v) is 6.37. The number of carbonyl (C=O) groups excluding carboxylic acids is 1. The summed E-state index contributed by atoms with van der Waals surface area (Å²) in [5, 5.41) is 9.18. The maximum Gasteiger partial charge on any atom is 0.312 e. The molecule has 1 N–H and O–H groups in total. The molecule has 0 unspecified atom stereocenters. The molecule has 0 bridgehead atoms. The van der Waals surface area contributed by atoms with Crippen LogP contribution in [0, 0.1) is 17.3 Å². The van der Waals surface area contributed by atoms with Crippen LogP contribution >= 0.6 is 22.6 Å². The van der Waals surface area contributed by atoms with Crippen LogP contribution in [0.1, 0.15) is 13.8 Å². The van der Waals surface area contributed by atoms with E-state index in [1.165, 1.54) is 0 Å². The molecule has 0 aromatic rings. The lowest BCUT2D eigenvalue weighted by molar-refractivity contribution is -0.147. The Hall–Kier alpha value is -0.100. The second-order valence-electron chi connectivity index (χ2n) is 4.79. The maximum absolute atomic E-state index is 11.7. The van der Waals surface area contributed by atoms with E-state index in [4.69, 9.17) is 4.74 Å². The SMILES string of the molecule is CC1(C)C(=O)O[C@H]2[C@H](I)[C@@H](CO)C=C[C@H]21. The summed E-state index contributed by atoms with van der Waals surface area (Å²) in [5.41, 5.74) is -0.426. The van der Waals surface area contributed by atoms with Crippen LogP contribution < -0.4 is 0 Å². The Labute approximate surface area is 103 Å². The highest BCUT2D eigenvalue weighted by molar-refractivity contribution is 14.1. The molecule has 15 heavy (non-hydrogen) atoms. The van der Waals surface area contributed by atoms with Crippen LogP contribution in [-0.2, 0) is 9.53 Å². The third-order valence-electron chi connectivity index (χ3n) is 3.46. The Morgan fingerprint density at radius 1 is 1.53 bits per heavy atom. The van der Waals surface area contributed by atoms with Crippen LogP contribution in [0.25, 0.3) is 0 Å². The van der Waals surface area contributed by atoms with Crippen molar-refractivity contribution in [1.82, 2.24) is 0 Å². The fourth-order valence-corrected chi connectivity index (χ4v) is 3.34. The number of aliphatic hydroxyl groups is 1. The van der Waals surface area contributed by atoms with Gasteiger partial charge in [-0.1, -0.05) is 34.7 Å². The number of carbonyl (C=O) groups is 1. The highest BCUT2D eigenvalue weighted by Crippen LogP contribution is 2.46. The lowest BCUT2D eigenvalue weighted by Gasteiger charge is -2.32. The molecule has 84 valence electrons. The van der Waals surface area contributed by atoms with E-state index in [0.29, 0.717) is 0 Å². The predicted octanol–water partition coefficient (Wildman–Crippen LogP) is 1.54. The van der Waals surface area contributed by atoms with Gasteiger partial charge in [-0.2, -0.15) is 0 Å². The second-order valence-corrected chi connectivity index (χ2v) is 6.23. The van der Waals surface area contributed by atoms with Gasteiger partial charge in [-0.25, -0.2) is 0 Å². The minimum Gasteiger partial charge on any atom is -0.460 e. The van der Waals surface area contributed by atoms with E-state index < -0.39 is 5.41 Å². The zero-order chi connectivity index (χ0) is 11.2. The quantitative estimate of drug-likeness (QED) is 0.345. The van der Waals surface area contributed by atoms with E-state index in [2.05, 4.69) is 22.6 Å². The number of esters is 1. The maximum atomic E-state index is 11.7. The first-order valence-electron chi connectivity index (χ1n) is 5.13. The molecule has 4 atom stereocenters. The van der Waals surface area contributed by atoms with Gasteiger partial charge in [0.2, 0.25) is 0 Å². The molecular weight excluding hydrogens is 307 g/mol. The Bertz CT molecular complexity index is 311. The molecular formula is C11H15IO3. The smallest absolute Gasteiger partial charge is 0.312 e. The van der Waals surface area contributed by atoms with Crippen LogP contribution in [0.5, 0.6) is 0 Å². The van der Waals surface area contributed by atoms with Crippen LogP contribution in [-0.4, -0.2) is 27.7 Å². The van der Waals surface area contributed by atoms with Gasteiger partial charge in [0.15, 0.2) is 0 Å². The minimum atomic E-state index is -0.426. The van der Waals surface area contributed by atoms with Crippen molar-refractivity contribution in [2.24, 2.45) is 17.3 Å². The van der Waals surface area contributed by atoms with Gasteiger partial charge in [0.25, 0.3) is 0 Å². The number of aliphatic hydroxyl groups excluding tert-OH is 1. The van der Waals surface area contributed by atoms with Crippen molar-refractivity contribution in [1.29, 1.82) is 0 Å². The average molecular weight is 322 g/mol. The number of rotatable bonds is 1. The van der Waals surface area contributed by atoms with Crippen molar-refractivity contribution in [3.05, 3.63) is 12.2 Å². The van der Waals surface area contributed by atoms with Crippen molar-refractivity contribution < 1.29 is 14.6 Å². The molecule has 0 saturated carbocycles. The molecule has 1 heterocycles. The molecule has 1 aliphatic heterocycles. The largest absolute Gasteiger partial charge is 0.460 e. The molecule has 3 nitrogen and oxygen atoms in total. The summed E-state index contributed by atoms with van der Waals surface area (Å²) in [7, 11) is 0. The third kappa shape index (κ3) is 1.62. The first kappa shape index (κ1) is 11.4. The number of halogens is 1. The number of fused-ring (bicyclic) bond motifs is 1. The fraction of sp³-hybridized carbons (Fsp3) is 0.727. The Kier molecular flexibility index (Phi) is 2.83. The summed E-state index contributed by atoms with van der Waals surface area (Å²) in [4.78, 5) is 11.7. The lowest BCUT2D eigenvalue weighted by atomic mass is 9.73. The standard InChI is InChI=1S/C11H15IO3/c1-11(2)7-4-3-6(5-13)8(12)9(7)15-10(11)14/h3-4,6-9,13H,5H2,1-2H3/t6-,7-,8-,9-/m1/s1. The molecule has 0 amide bonds. The number of hydrogen-bond donors (Lipinski definition) is 1. The van der Waals surface area contributed by atoms with E-state index in [1.54, 1.807) is 0 Å². The number of alkyl halides is 1. The second kappa shape index (κ2) is 3.73. The van der Waals surface area contributed by atoms with Crippen molar-refractivity contribution >= 4 is 28.6 Å². The van der Waals surface area contributed by atoms with Gasteiger partial charge in [0.1, 0.15) is 6.10 Å². The van der Waals surface area contributed by atoms with Gasteiger partial charge >= 0.3 is 5.97 Å². The van der Waals surface area contributed by atoms with E-state index in [1.807, 2.05) is 26.0 Å². The summed E-state index contributed by atoms with van der Waals surface area (Å²) in [6, 6.07) is 0. The van der Waals surface area contributed by atoms with Gasteiger partial charge in [-0.3, -0.25) is 4.79 Å². The third-order valence-corrected chi connectivity index (χ3v) is 5.09. The number of hydrogen-bond acceptors (Lipinski definition) is 3. The van der Waals surface area contributed by atoms with Gasteiger partial charge in [0.05, 0.1) is 15.9 Å². The molecule has 0 radical (unpaired) electrons. The van der Waals surface area contributed by atoms with Gasteiger partial charge < -0.3 is 9.84 Å². The normalized spacial score (nSPS) is 42.5.